The van der Waals surface area contributed by atoms with E-state index in [4.69, 9.17) is 49.7 Å². The Balaban J connectivity index is -0.000000372. The van der Waals surface area contributed by atoms with Crippen molar-refractivity contribution in [2.24, 2.45) is 0 Å². The Morgan fingerprint density at radius 2 is 0.640 bits per heavy atom. The van der Waals surface area contributed by atoms with Crippen molar-refractivity contribution in [2.75, 3.05) is 0 Å². The maximum atomic E-state index is 5.05. The summed E-state index contributed by atoms with van der Waals surface area (Å²) in [4.78, 5) is 4.18. The van der Waals surface area contributed by atoms with E-state index in [1.54, 1.807) is 0 Å². The van der Waals surface area contributed by atoms with Crippen LogP contribution in [-0.4, -0.2) is 40.6 Å². The van der Waals surface area contributed by atoms with Crippen molar-refractivity contribution >= 4 is 58.3 Å². The van der Waals surface area contributed by atoms with Gasteiger partial charge in [-0.05, 0) is 83.1 Å². The van der Waals surface area contributed by atoms with Gasteiger partial charge in [-0.1, -0.05) is 8.64 Å². The predicted octanol–water partition coefficient (Wildman–Crippen LogP) is 5.43. The topological polar surface area (TPSA) is 6.48 Å². The molecule has 0 spiro atoms. The Morgan fingerprint density at radius 3 is 0.640 bits per heavy atom. The van der Waals surface area contributed by atoms with Crippen LogP contribution in [0.4, 0.5) is 0 Å². The molecule has 0 bridgehead atoms. The Bertz CT molecular complexity index is 368. The fourth-order valence-electron chi connectivity index (χ4n) is 3.11. The second kappa shape index (κ2) is 10.3. The first-order chi connectivity index (χ1) is 10.1. The zero-order valence-corrected chi connectivity index (χ0v) is 22.2. The average molecular weight is 468 g/mol. The van der Waals surface area contributed by atoms with Gasteiger partial charge in [0.05, 0.1) is 0 Å². The van der Waals surface area contributed by atoms with Gasteiger partial charge >= 0.3 is 16.8 Å². The number of thiocarbonyl (C=S) groups is 2. The SMILES string of the molecule is CC(C)(C)N(C(=S)[S-])C(C)(C)C.CC(C)(C)N(C(=S)[S-])C(C)(C)C.[Co+2]. The molecule has 0 aliphatic rings. The summed E-state index contributed by atoms with van der Waals surface area (Å²) in [7, 11) is 0. The summed E-state index contributed by atoms with van der Waals surface area (Å²) in [6.45, 7) is 25.5. The third-order valence-electron chi connectivity index (χ3n) is 3.05. The maximum absolute atomic E-state index is 5.05. The zero-order valence-electron chi connectivity index (χ0n) is 17.9. The molecule has 25 heavy (non-hydrogen) atoms. The number of hydrogen-bond acceptors (Lipinski definition) is 4. The Labute approximate surface area is 189 Å². The van der Waals surface area contributed by atoms with Gasteiger partial charge in [0, 0.05) is 22.2 Å². The van der Waals surface area contributed by atoms with E-state index in [1.165, 1.54) is 0 Å². The van der Waals surface area contributed by atoms with Crippen LogP contribution in [0, 0.1) is 0 Å². The van der Waals surface area contributed by atoms with Crippen LogP contribution in [0.2, 0.25) is 0 Å². The molecule has 0 aliphatic carbocycles. The van der Waals surface area contributed by atoms with E-state index in [0.717, 1.165) is 0 Å². The van der Waals surface area contributed by atoms with Crippen molar-refractivity contribution in [3.05, 3.63) is 0 Å². The van der Waals surface area contributed by atoms with Crippen molar-refractivity contribution in [3.63, 3.8) is 0 Å². The summed E-state index contributed by atoms with van der Waals surface area (Å²) >= 11 is 20.2. The van der Waals surface area contributed by atoms with Crippen LogP contribution in [0.25, 0.3) is 0 Å². The molecule has 151 valence electrons. The second-order valence-electron chi connectivity index (χ2n) is 9.89. The third kappa shape index (κ3) is 11.9. The summed E-state index contributed by atoms with van der Waals surface area (Å²) in [6.07, 6.45) is 0. The van der Waals surface area contributed by atoms with E-state index in [0.29, 0.717) is 8.64 Å². The molecule has 0 fully saturated rings. The van der Waals surface area contributed by atoms with Crippen molar-refractivity contribution in [1.82, 2.24) is 9.80 Å². The molecule has 0 aliphatic heterocycles. The second-order valence-corrected chi connectivity index (χ2v) is 11.9. The van der Waals surface area contributed by atoms with Gasteiger partial charge in [-0.15, -0.1) is 0 Å². The van der Waals surface area contributed by atoms with Crippen LogP contribution in [-0.2, 0) is 42.0 Å². The van der Waals surface area contributed by atoms with Crippen molar-refractivity contribution in [2.45, 2.75) is 105 Å². The molecular formula is C18H36CoN2S4. The Hall–Kier alpha value is 0.726. The molecule has 0 amide bonds. The molecule has 0 unspecified atom stereocenters. The smallest absolute Gasteiger partial charge is 0.411 e. The molecule has 0 rings (SSSR count). The van der Waals surface area contributed by atoms with Crippen LogP contribution < -0.4 is 0 Å². The molecule has 0 heterocycles. The van der Waals surface area contributed by atoms with E-state index >= 15 is 0 Å². The molecule has 0 aromatic heterocycles. The summed E-state index contributed by atoms with van der Waals surface area (Å²) in [6, 6.07) is 0. The summed E-state index contributed by atoms with van der Waals surface area (Å²) in [5.74, 6) is 0. The van der Waals surface area contributed by atoms with E-state index in [1.807, 2.05) is 0 Å². The molecule has 0 saturated heterocycles. The minimum absolute atomic E-state index is 0. The van der Waals surface area contributed by atoms with Gasteiger partial charge in [0.25, 0.3) is 0 Å². The fourth-order valence-corrected chi connectivity index (χ4v) is 5.30. The maximum Gasteiger partial charge on any atom is 2.00 e. The zero-order chi connectivity index (χ0) is 20.3. The first kappa shape index (κ1) is 30.5. The molecular weight excluding hydrogens is 431 g/mol. The van der Waals surface area contributed by atoms with Crippen LogP contribution in [0.15, 0.2) is 0 Å². The largest absolute Gasteiger partial charge is 2.00 e. The van der Waals surface area contributed by atoms with Crippen LogP contribution >= 0.6 is 24.4 Å². The predicted molar refractivity (Wildman–Crippen MR) is 123 cm³/mol. The third-order valence-corrected chi connectivity index (χ3v) is 3.78. The standard InChI is InChI=1S/2C9H19NS2.Co/c2*1-8(2,3)10(7(11)12)9(4,5)6;/h2*1-6H3,(H,11,12);/q;;+2/p-2. The molecule has 0 aromatic rings. The summed E-state index contributed by atoms with van der Waals surface area (Å²) in [5.41, 5.74) is 0.0440. The van der Waals surface area contributed by atoms with E-state index in [2.05, 4.69) is 92.9 Å². The fraction of sp³-hybridized carbons (Fsp3) is 0.889. The molecule has 2 nitrogen and oxygen atoms in total. The molecule has 0 aromatic carbocycles. The monoisotopic (exact) mass is 467 g/mol. The van der Waals surface area contributed by atoms with Gasteiger partial charge in [0.2, 0.25) is 0 Å². The first-order valence-electron chi connectivity index (χ1n) is 8.16. The minimum Gasteiger partial charge on any atom is -0.411 e. The molecule has 0 saturated carbocycles. The number of hydrogen-bond donors (Lipinski definition) is 0. The van der Waals surface area contributed by atoms with Gasteiger partial charge < -0.3 is 59.5 Å². The van der Waals surface area contributed by atoms with Gasteiger partial charge in [0.1, 0.15) is 0 Å². The van der Waals surface area contributed by atoms with Gasteiger partial charge in [-0.2, -0.15) is 0 Å². The normalized spacial score (nSPS) is 12.3. The molecule has 0 N–H and O–H groups in total. The van der Waals surface area contributed by atoms with E-state index in [-0.39, 0.29) is 38.9 Å². The van der Waals surface area contributed by atoms with Crippen LogP contribution in [0.3, 0.4) is 0 Å². The van der Waals surface area contributed by atoms with E-state index in [9.17, 15) is 0 Å². The first-order valence-corrected chi connectivity index (χ1v) is 9.79. The van der Waals surface area contributed by atoms with Crippen molar-refractivity contribution < 1.29 is 16.8 Å². The van der Waals surface area contributed by atoms with Gasteiger partial charge in [-0.25, -0.2) is 0 Å². The van der Waals surface area contributed by atoms with Crippen LogP contribution in [0.5, 0.6) is 0 Å². The van der Waals surface area contributed by atoms with Crippen molar-refractivity contribution in [3.8, 4) is 0 Å². The molecule has 1 radical (unpaired) electrons. The van der Waals surface area contributed by atoms with Crippen molar-refractivity contribution in [1.29, 1.82) is 0 Å². The summed E-state index contributed by atoms with van der Waals surface area (Å²) in [5, 5.41) is 0. The Kier molecular flexibility index (Phi) is 12.6. The quantitative estimate of drug-likeness (QED) is 0.344. The minimum atomic E-state index is 0. The summed E-state index contributed by atoms with van der Waals surface area (Å²) < 4.78 is 1.10. The van der Waals surface area contributed by atoms with Crippen LogP contribution in [0.1, 0.15) is 83.1 Å². The van der Waals surface area contributed by atoms with Gasteiger partial charge in [0.15, 0.2) is 0 Å². The number of nitrogens with zero attached hydrogens (tertiary/aromatic N) is 2. The van der Waals surface area contributed by atoms with E-state index < -0.39 is 0 Å². The Morgan fingerprint density at radius 1 is 0.520 bits per heavy atom. The average Bonchev–Trinajstić information content (AvgIpc) is 2.03. The molecule has 7 heteroatoms. The van der Waals surface area contributed by atoms with Gasteiger partial charge in [-0.3, -0.25) is 0 Å². The molecule has 0 atom stereocenters. The number of rotatable bonds is 0.